The van der Waals surface area contributed by atoms with E-state index in [-0.39, 0.29) is 6.03 Å². The smallest absolute Gasteiger partial charge is 0.317 e. The van der Waals surface area contributed by atoms with E-state index in [9.17, 15) is 9.90 Å². The minimum absolute atomic E-state index is 0.0274. The number of phenolic OH excluding ortho intramolecular Hbond substituents is 1. The predicted octanol–water partition coefficient (Wildman–Crippen LogP) is 2.57. The first kappa shape index (κ1) is 16.4. The molecule has 2 aromatic rings. The minimum Gasteiger partial charge on any atom is -0.508 e. The molecule has 1 aromatic heterocycles. The van der Waals surface area contributed by atoms with Crippen LogP contribution in [0.1, 0.15) is 30.7 Å². The molecule has 0 saturated carbocycles. The van der Waals surface area contributed by atoms with Crippen molar-refractivity contribution in [2.45, 2.75) is 31.7 Å². The number of likely N-dealkylation sites (tertiary alicyclic amines) is 1. The Balaban J connectivity index is 1.37. The van der Waals surface area contributed by atoms with Gasteiger partial charge in [0.1, 0.15) is 5.75 Å². The van der Waals surface area contributed by atoms with Gasteiger partial charge in [0.15, 0.2) is 0 Å². The summed E-state index contributed by atoms with van der Waals surface area (Å²) in [6.07, 6.45) is 6.49. The third kappa shape index (κ3) is 4.28. The summed E-state index contributed by atoms with van der Waals surface area (Å²) in [5, 5.41) is 16.5. The molecule has 1 aliphatic heterocycles. The van der Waals surface area contributed by atoms with Crippen molar-refractivity contribution in [3.8, 4) is 5.75 Å². The summed E-state index contributed by atoms with van der Waals surface area (Å²) >= 11 is 0. The second-order valence-electron chi connectivity index (χ2n) is 6.21. The van der Waals surface area contributed by atoms with Gasteiger partial charge in [0.2, 0.25) is 0 Å². The van der Waals surface area contributed by atoms with E-state index in [0.717, 1.165) is 38.9 Å². The Morgan fingerprint density at radius 1 is 1.25 bits per heavy atom. The molecule has 2 amide bonds. The average Bonchev–Trinajstić information content (AvgIpc) is 3.13. The van der Waals surface area contributed by atoms with E-state index in [4.69, 9.17) is 0 Å². The van der Waals surface area contributed by atoms with Crippen LogP contribution in [0.15, 0.2) is 42.7 Å². The van der Waals surface area contributed by atoms with Gasteiger partial charge in [-0.3, -0.25) is 4.68 Å². The fourth-order valence-corrected chi connectivity index (χ4v) is 3.14. The fraction of sp³-hybridized carbons (Fsp3) is 0.444. The number of aromatic nitrogens is 2. The summed E-state index contributed by atoms with van der Waals surface area (Å²) in [5.74, 6) is 0.764. The van der Waals surface area contributed by atoms with Gasteiger partial charge in [-0.1, -0.05) is 12.1 Å². The molecule has 2 heterocycles. The Labute approximate surface area is 142 Å². The third-order valence-electron chi connectivity index (χ3n) is 4.55. The van der Waals surface area contributed by atoms with Crippen LogP contribution in [-0.4, -0.2) is 45.5 Å². The van der Waals surface area contributed by atoms with Crippen molar-refractivity contribution in [1.29, 1.82) is 0 Å². The Hall–Kier alpha value is -2.50. The van der Waals surface area contributed by atoms with Gasteiger partial charge in [0, 0.05) is 38.6 Å². The van der Waals surface area contributed by atoms with Crippen molar-refractivity contribution in [3.05, 3.63) is 48.3 Å². The quantitative estimate of drug-likeness (QED) is 0.829. The molecular weight excluding hydrogens is 304 g/mol. The predicted molar refractivity (Wildman–Crippen MR) is 91.9 cm³/mol. The molecule has 2 N–H and O–H groups in total. The number of hydrogen-bond donors (Lipinski definition) is 2. The first-order valence-corrected chi connectivity index (χ1v) is 8.51. The van der Waals surface area contributed by atoms with Crippen molar-refractivity contribution in [1.82, 2.24) is 20.0 Å². The molecule has 0 aliphatic carbocycles. The van der Waals surface area contributed by atoms with Gasteiger partial charge in [-0.25, -0.2) is 4.79 Å². The van der Waals surface area contributed by atoms with Crippen molar-refractivity contribution in [3.63, 3.8) is 0 Å². The van der Waals surface area contributed by atoms with Crippen LogP contribution in [0, 0.1) is 0 Å². The van der Waals surface area contributed by atoms with Crippen LogP contribution in [0.4, 0.5) is 4.79 Å². The Kier molecular flexibility index (Phi) is 5.36. The average molecular weight is 328 g/mol. The van der Waals surface area contributed by atoms with Gasteiger partial charge in [0.05, 0.1) is 0 Å². The lowest BCUT2D eigenvalue weighted by Crippen LogP contribution is -2.44. The molecular formula is C18H24N4O2. The van der Waals surface area contributed by atoms with E-state index in [2.05, 4.69) is 10.4 Å². The number of nitrogens with zero attached hydrogens (tertiary/aromatic N) is 3. The molecule has 6 heteroatoms. The fourth-order valence-electron chi connectivity index (χ4n) is 3.14. The number of carbonyl (C=O) groups excluding carboxylic acids is 1. The summed E-state index contributed by atoms with van der Waals surface area (Å²) < 4.78 is 1.87. The van der Waals surface area contributed by atoms with Crippen molar-refractivity contribution >= 4 is 6.03 Å². The number of piperidine rings is 1. The molecule has 1 aliphatic rings. The van der Waals surface area contributed by atoms with E-state index >= 15 is 0 Å². The van der Waals surface area contributed by atoms with Gasteiger partial charge in [-0.15, -0.1) is 0 Å². The number of phenols is 1. The molecule has 0 unspecified atom stereocenters. The van der Waals surface area contributed by atoms with Crippen LogP contribution in [0.25, 0.3) is 0 Å². The summed E-state index contributed by atoms with van der Waals surface area (Å²) in [6.45, 7) is 3.03. The van der Waals surface area contributed by atoms with Crippen LogP contribution in [0.3, 0.4) is 0 Å². The molecule has 0 spiro atoms. The van der Waals surface area contributed by atoms with E-state index in [1.165, 1.54) is 5.56 Å². The molecule has 24 heavy (non-hydrogen) atoms. The number of aromatic hydroxyl groups is 1. The van der Waals surface area contributed by atoms with Crippen LogP contribution in [0.2, 0.25) is 0 Å². The van der Waals surface area contributed by atoms with E-state index in [0.29, 0.717) is 18.2 Å². The van der Waals surface area contributed by atoms with Gasteiger partial charge in [-0.2, -0.15) is 5.10 Å². The largest absolute Gasteiger partial charge is 0.508 e. The number of amides is 2. The van der Waals surface area contributed by atoms with Crippen LogP contribution < -0.4 is 5.32 Å². The van der Waals surface area contributed by atoms with Gasteiger partial charge >= 0.3 is 6.03 Å². The minimum atomic E-state index is 0.0274. The highest BCUT2D eigenvalue weighted by molar-refractivity contribution is 5.74. The number of hydrogen-bond acceptors (Lipinski definition) is 3. The SMILES string of the molecule is O=C(NCCCn1cccn1)N1CCC(c2ccc(O)cc2)CC1. The molecule has 6 nitrogen and oxygen atoms in total. The molecule has 0 radical (unpaired) electrons. The summed E-state index contributed by atoms with van der Waals surface area (Å²) in [6, 6.07) is 9.34. The molecule has 1 fully saturated rings. The molecule has 3 rings (SSSR count). The highest BCUT2D eigenvalue weighted by Crippen LogP contribution is 2.28. The van der Waals surface area contributed by atoms with Gasteiger partial charge in [-0.05, 0) is 48.9 Å². The number of carbonyl (C=O) groups is 1. The van der Waals surface area contributed by atoms with Crippen LogP contribution in [0.5, 0.6) is 5.75 Å². The van der Waals surface area contributed by atoms with Gasteiger partial charge < -0.3 is 15.3 Å². The summed E-state index contributed by atoms with van der Waals surface area (Å²) in [5.41, 5.74) is 1.24. The first-order chi connectivity index (χ1) is 11.7. The van der Waals surface area contributed by atoms with Crippen molar-refractivity contribution in [2.75, 3.05) is 19.6 Å². The van der Waals surface area contributed by atoms with Crippen LogP contribution >= 0.6 is 0 Å². The third-order valence-corrected chi connectivity index (χ3v) is 4.55. The lowest BCUT2D eigenvalue weighted by Gasteiger charge is -2.32. The second-order valence-corrected chi connectivity index (χ2v) is 6.21. The normalized spacial score (nSPS) is 15.4. The molecule has 0 bridgehead atoms. The number of rotatable bonds is 5. The van der Waals surface area contributed by atoms with Gasteiger partial charge in [0.25, 0.3) is 0 Å². The maximum Gasteiger partial charge on any atom is 0.317 e. The topological polar surface area (TPSA) is 70.4 Å². The molecule has 1 aromatic carbocycles. The zero-order valence-electron chi connectivity index (χ0n) is 13.8. The maximum absolute atomic E-state index is 12.2. The number of aryl methyl sites for hydroxylation is 1. The number of urea groups is 1. The standard InChI is InChI=1S/C18H24N4O2/c23-17-5-3-15(4-6-17)16-7-13-21(14-8-16)18(24)19-9-1-11-22-12-2-10-20-22/h2-6,10,12,16,23H,1,7-9,11,13-14H2,(H,19,24). The van der Waals surface area contributed by atoms with E-state index < -0.39 is 0 Å². The highest BCUT2D eigenvalue weighted by Gasteiger charge is 2.23. The lowest BCUT2D eigenvalue weighted by atomic mass is 9.89. The molecule has 0 atom stereocenters. The van der Waals surface area contributed by atoms with Crippen LogP contribution in [-0.2, 0) is 6.54 Å². The lowest BCUT2D eigenvalue weighted by molar-refractivity contribution is 0.181. The monoisotopic (exact) mass is 328 g/mol. The zero-order valence-corrected chi connectivity index (χ0v) is 13.8. The zero-order chi connectivity index (χ0) is 16.8. The molecule has 128 valence electrons. The van der Waals surface area contributed by atoms with Crippen molar-refractivity contribution in [2.24, 2.45) is 0 Å². The summed E-state index contributed by atoms with van der Waals surface area (Å²) in [4.78, 5) is 14.1. The Bertz CT molecular complexity index is 632. The summed E-state index contributed by atoms with van der Waals surface area (Å²) in [7, 11) is 0. The van der Waals surface area contributed by atoms with Crippen molar-refractivity contribution < 1.29 is 9.90 Å². The Morgan fingerprint density at radius 2 is 2.00 bits per heavy atom. The highest BCUT2D eigenvalue weighted by atomic mass is 16.3. The number of nitrogens with one attached hydrogen (secondary N) is 1. The maximum atomic E-state index is 12.2. The van der Waals surface area contributed by atoms with E-state index in [1.54, 1.807) is 18.3 Å². The molecule has 1 saturated heterocycles. The number of benzene rings is 1. The first-order valence-electron chi connectivity index (χ1n) is 8.51. The van der Waals surface area contributed by atoms with E-state index in [1.807, 2.05) is 34.0 Å². The Morgan fingerprint density at radius 3 is 2.67 bits per heavy atom. The second kappa shape index (κ2) is 7.86.